The molecule has 2 rings (SSSR count). The summed E-state index contributed by atoms with van der Waals surface area (Å²) in [6.45, 7) is 0.522. The Kier molecular flexibility index (Phi) is 7.90. The van der Waals surface area contributed by atoms with Crippen LogP contribution in [0.3, 0.4) is 0 Å². The number of aliphatic imine (C=N–C) groups is 1. The summed E-state index contributed by atoms with van der Waals surface area (Å²) < 4.78 is 18.5. The fourth-order valence-corrected chi connectivity index (χ4v) is 2.07. The van der Waals surface area contributed by atoms with E-state index in [0.29, 0.717) is 18.2 Å². The Morgan fingerprint density at radius 3 is 2.29 bits per heavy atom. The Morgan fingerprint density at radius 1 is 1.08 bits per heavy atom. The lowest BCUT2D eigenvalue weighted by atomic mass is 10.2. The first kappa shape index (κ1) is 20.1. The van der Waals surface area contributed by atoms with Crippen molar-refractivity contribution in [2.24, 2.45) is 4.99 Å². The second-order valence-corrected chi connectivity index (χ2v) is 5.46. The first-order valence-electron chi connectivity index (χ1n) is 7.23. The summed E-state index contributed by atoms with van der Waals surface area (Å²) in [5, 5.41) is 0. The van der Waals surface area contributed by atoms with Crippen LogP contribution >= 0.6 is 24.0 Å². The summed E-state index contributed by atoms with van der Waals surface area (Å²) in [7, 11) is 7.81. The van der Waals surface area contributed by atoms with E-state index in [1.807, 2.05) is 50.1 Å². The minimum Gasteiger partial charge on any atom is -0.439 e. The highest BCUT2D eigenvalue weighted by Crippen LogP contribution is 2.20. The predicted molar refractivity (Wildman–Crippen MR) is 105 cm³/mol. The number of aromatic nitrogens is 1. The van der Waals surface area contributed by atoms with Gasteiger partial charge in [-0.2, -0.15) is 0 Å². The number of hydrogen-bond donors (Lipinski definition) is 0. The Balaban J connectivity index is 0.00000288. The van der Waals surface area contributed by atoms with E-state index in [4.69, 9.17) is 4.74 Å². The van der Waals surface area contributed by atoms with E-state index in [9.17, 15) is 4.39 Å². The quantitative estimate of drug-likeness (QED) is 0.411. The summed E-state index contributed by atoms with van der Waals surface area (Å²) in [5.74, 6) is 1.58. The maximum atomic E-state index is 12.9. The van der Waals surface area contributed by atoms with Crippen LogP contribution in [0.2, 0.25) is 0 Å². The molecule has 130 valence electrons. The molecule has 0 N–H and O–H groups in total. The van der Waals surface area contributed by atoms with Gasteiger partial charge in [0.1, 0.15) is 11.6 Å². The van der Waals surface area contributed by atoms with Crippen molar-refractivity contribution in [1.29, 1.82) is 0 Å². The van der Waals surface area contributed by atoms with Gasteiger partial charge in [0.2, 0.25) is 5.88 Å². The average Bonchev–Trinajstić information content (AvgIpc) is 2.49. The molecule has 0 saturated heterocycles. The topological polar surface area (TPSA) is 41.0 Å². The van der Waals surface area contributed by atoms with E-state index in [2.05, 4.69) is 9.98 Å². The van der Waals surface area contributed by atoms with Crippen LogP contribution in [0, 0.1) is 5.82 Å². The molecule has 0 atom stereocenters. The first-order chi connectivity index (χ1) is 11.0. The second-order valence-electron chi connectivity index (χ2n) is 5.46. The SMILES string of the molecule is CN(C)C(=NCc1ccnc(Oc2ccc(F)cc2)c1)N(C)C.I. The van der Waals surface area contributed by atoms with E-state index in [1.54, 1.807) is 18.3 Å². The van der Waals surface area contributed by atoms with Crippen LogP contribution < -0.4 is 4.74 Å². The predicted octanol–water partition coefficient (Wildman–Crippen LogP) is 3.61. The van der Waals surface area contributed by atoms with Gasteiger partial charge < -0.3 is 14.5 Å². The third-order valence-corrected chi connectivity index (χ3v) is 3.04. The molecule has 7 heteroatoms. The monoisotopic (exact) mass is 444 g/mol. The summed E-state index contributed by atoms with van der Waals surface area (Å²) in [6.07, 6.45) is 1.68. The summed E-state index contributed by atoms with van der Waals surface area (Å²) >= 11 is 0. The zero-order valence-corrected chi connectivity index (χ0v) is 16.6. The molecule has 0 spiro atoms. The Bertz CT molecular complexity index is 665. The highest BCUT2D eigenvalue weighted by molar-refractivity contribution is 14.0. The van der Waals surface area contributed by atoms with Crippen LogP contribution in [0.25, 0.3) is 0 Å². The lowest BCUT2D eigenvalue weighted by molar-refractivity contribution is 0.460. The van der Waals surface area contributed by atoms with Crippen molar-refractivity contribution in [3.8, 4) is 11.6 Å². The number of benzene rings is 1. The van der Waals surface area contributed by atoms with E-state index in [0.717, 1.165) is 11.5 Å². The molecule has 5 nitrogen and oxygen atoms in total. The lowest BCUT2D eigenvalue weighted by Crippen LogP contribution is -2.35. The van der Waals surface area contributed by atoms with Gasteiger partial charge in [0, 0.05) is 40.5 Å². The molecule has 0 unspecified atom stereocenters. The highest BCUT2D eigenvalue weighted by atomic mass is 127. The van der Waals surface area contributed by atoms with Crippen LogP contribution in [-0.4, -0.2) is 48.9 Å². The van der Waals surface area contributed by atoms with Crippen molar-refractivity contribution in [3.05, 3.63) is 54.0 Å². The van der Waals surface area contributed by atoms with Crippen LogP contribution in [0.1, 0.15) is 5.56 Å². The molecule has 0 amide bonds. The van der Waals surface area contributed by atoms with Crippen LogP contribution in [0.15, 0.2) is 47.6 Å². The van der Waals surface area contributed by atoms with Gasteiger partial charge in [-0.1, -0.05) is 0 Å². The smallest absolute Gasteiger partial charge is 0.219 e. The van der Waals surface area contributed by atoms with Crippen molar-refractivity contribution >= 4 is 29.9 Å². The van der Waals surface area contributed by atoms with Gasteiger partial charge in [-0.15, -0.1) is 24.0 Å². The molecule has 0 aliphatic carbocycles. The van der Waals surface area contributed by atoms with E-state index in [-0.39, 0.29) is 29.8 Å². The van der Waals surface area contributed by atoms with E-state index >= 15 is 0 Å². The molecule has 0 saturated carbocycles. The standard InChI is InChI=1S/C17H21FN4O.HI/c1-21(2)17(22(3)4)20-12-13-9-10-19-16(11-13)23-15-7-5-14(18)6-8-15;/h5-11H,12H2,1-4H3;1H. The molecular formula is C17H22FIN4O. The molecule has 2 aromatic rings. The van der Waals surface area contributed by atoms with Gasteiger partial charge in [0.15, 0.2) is 5.96 Å². The average molecular weight is 444 g/mol. The van der Waals surface area contributed by atoms with Gasteiger partial charge in [-0.25, -0.2) is 14.4 Å². The summed E-state index contributed by atoms with van der Waals surface area (Å²) in [5.41, 5.74) is 0.985. The first-order valence-corrected chi connectivity index (χ1v) is 7.23. The normalized spacial score (nSPS) is 9.71. The third-order valence-electron chi connectivity index (χ3n) is 3.04. The van der Waals surface area contributed by atoms with Crippen molar-refractivity contribution in [2.45, 2.75) is 6.54 Å². The van der Waals surface area contributed by atoms with Gasteiger partial charge in [0.25, 0.3) is 0 Å². The highest BCUT2D eigenvalue weighted by Gasteiger charge is 2.05. The molecule has 0 radical (unpaired) electrons. The van der Waals surface area contributed by atoms with Crippen LogP contribution in [0.5, 0.6) is 11.6 Å². The lowest BCUT2D eigenvalue weighted by Gasteiger charge is -2.22. The Morgan fingerprint density at radius 2 is 1.71 bits per heavy atom. The zero-order chi connectivity index (χ0) is 16.8. The second kappa shape index (κ2) is 9.41. The van der Waals surface area contributed by atoms with Crippen molar-refractivity contribution in [2.75, 3.05) is 28.2 Å². The van der Waals surface area contributed by atoms with Gasteiger partial charge in [-0.05, 0) is 35.9 Å². The molecule has 1 aromatic carbocycles. The summed E-state index contributed by atoms with van der Waals surface area (Å²) in [4.78, 5) is 12.7. The number of rotatable bonds is 4. The molecule has 1 aromatic heterocycles. The molecule has 1 heterocycles. The van der Waals surface area contributed by atoms with Crippen molar-refractivity contribution < 1.29 is 9.13 Å². The van der Waals surface area contributed by atoms with Crippen LogP contribution in [-0.2, 0) is 6.54 Å². The number of nitrogens with zero attached hydrogens (tertiary/aromatic N) is 4. The Labute approximate surface area is 159 Å². The van der Waals surface area contributed by atoms with Crippen LogP contribution in [0.4, 0.5) is 4.39 Å². The maximum Gasteiger partial charge on any atom is 0.219 e. The maximum absolute atomic E-state index is 12.9. The van der Waals surface area contributed by atoms with E-state index in [1.165, 1.54) is 12.1 Å². The third kappa shape index (κ3) is 5.95. The van der Waals surface area contributed by atoms with Gasteiger partial charge in [0.05, 0.1) is 6.54 Å². The molecular weight excluding hydrogens is 422 g/mol. The minimum atomic E-state index is -0.298. The van der Waals surface area contributed by atoms with Crippen molar-refractivity contribution in [1.82, 2.24) is 14.8 Å². The number of guanidine groups is 1. The zero-order valence-electron chi connectivity index (χ0n) is 14.2. The summed E-state index contributed by atoms with van der Waals surface area (Å²) in [6, 6.07) is 9.56. The largest absolute Gasteiger partial charge is 0.439 e. The van der Waals surface area contributed by atoms with Crippen molar-refractivity contribution in [3.63, 3.8) is 0 Å². The van der Waals surface area contributed by atoms with E-state index < -0.39 is 0 Å². The number of ether oxygens (including phenoxy) is 1. The molecule has 0 fully saturated rings. The fourth-order valence-electron chi connectivity index (χ4n) is 2.07. The fraction of sp³-hybridized carbons (Fsp3) is 0.294. The molecule has 0 aliphatic heterocycles. The minimum absolute atomic E-state index is 0. The number of pyridine rings is 1. The molecule has 0 bridgehead atoms. The molecule has 24 heavy (non-hydrogen) atoms. The number of halogens is 2. The van der Waals surface area contributed by atoms with Gasteiger partial charge >= 0.3 is 0 Å². The van der Waals surface area contributed by atoms with Gasteiger partial charge in [-0.3, -0.25) is 0 Å². The Hall–Kier alpha value is -1.90. The number of hydrogen-bond acceptors (Lipinski definition) is 3. The molecule has 0 aliphatic rings.